The predicted octanol–water partition coefficient (Wildman–Crippen LogP) is 3.54. The molecule has 0 bridgehead atoms. The van der Waals surface area contributed by atoms with Gasteiger partial charge in [-0.05, 0) is 36.4 Å². The molecule has 0 saturated carbocycles. The molecule has 5 heterocycles. The van der Waals surface area contributed by atoms with Gasteiger partial charge >= 0.3 is 0 Å². The van der Waals surface area contributed by atoms with Crippen molar-refractivity contribution in [1.82, 2.24) is 19.6 Å². The number of fused-ring (bicyclic) bond motifs is 4. The van der Waals surface area contributed by atoms with E-state index in [1.54, 1.807) is 29.2 Å². The highest BCUT2D eigenvalue weighted by molar-refractivity contribution is 8.13. The van der Waals surface area contributed by atoms with Crippen molar-refractivity contribution in [2.24, 2.45) is 9.98 Å². The summed E-state index contributed by atoms with van der Waals surface area (Å²) in [5.74, 6) is 0.636. The minimum atomic E-state index is -0.849. The van der Waals surface area contributed by atoms with Crippen molar-refractivity contribution < 1.29 is 14.0 Å². The molecule has 1 aromatic carbocycles. The molecular formula is C26H19ClN6O4S. The van der Waals surface area contributed by atoms with Crippen LogP contribution in [0.15, 0.2) is 86.3 Å². The Kier molecular flexibility index (Phi) is 6.30. The first-order valence-corrected chi connectivity index (χ1v) is 13.0. The van der Waals surface area contributed by atoms with E-state index < -0.39 is 11.9 Å². The third-order valence-electron chi connectivity index (χ3n) is 6.05. The van der Waals surface area contributed by atoms with E-state index in [2.05, 4.69) is 15.3 Å². The van der Waals surface area contributed by atoms with Gasteiger partial charge in [0.2, 0.25) is 5.91 Å². The smallest absolute Gasteiger partial charge is 0.271 e. The minimum Gasteiger partial charge on any atom is -0.467 e. The minimum absolute atomic E-state index is 0.107. The van der Waals surface area contributed by atoms with Gasteiger partial charge in [0.05, 0.1) is 35.6 Å². The van der Waals surface area contributed by atoms with Gasteiger partial charge in [0.25, 0.3) is 11.5 Å². The molecule has 0 radical (unpaired) electrons. The Morgan fingerprint density at radius 3 is 2.82 bits per heavy atom. The molecule has 38 heavy (non-hydrogen) atoms. The second-order valence-electron chi connectivity index (χ2n) is 8.58. The van der Waals surface area contributed by atoms with Gasteiger partial charge in [-0.1, -0.05) is 35.5 Å². The lowest BCUT2D eigenvalue weighted by atomic mass is 10.1. The highest BCUT2D eigenvalue weighted by Gasteiger charge is 2.42. The third kappa shape index (κ3) is 4.61. The predicted molar refractivity (Wildman–Crippen MR) is 144 cm³/mol. The maximum Gasteiger partial charge on any atom is 0.271 e. The van der Waals surface area contributed by atoms with Crippen molar-refractivity contribution >= 4 is 57.5 Å². The van der Waals surface area contributed by atoms with Crippen LogP contribution in [-0.4, -0.2) is 43.1 Å². The number of carbonyl (C=O) groups is 2. The summed E-state index contributed by atoms with van der Waals surface area (Å²) in [6, 6.07) is 14.8. The van der Waals surface area contributed by atoms with E-state index in [1.807, 2.05) is 24.3 Å². The number of hydrogen-bond acceptors (Lipinski definition) is 8. The Bertz CT molecular complexity index is 1700. The van der Waals surface area contributed by atoms with Gasteiger partial charge in [0.15, 0.2) is 5.17 Å². The van der Waals surface area contributed by atoms with E-state index in [9.17, 15) is 14.4 Å². The molecule has 0 aliphatic carbocycles. The zero-order valence-corrected chi connectivity index (χ0v) is 21.3. The van der Waals surface area contributed by atoms with Crippen LogP contribution in [0.2, 0.25) is 5.02 Å². The number of nitrogens with one attached hydrogen (secondary N) is 1. The fourth-order valence-electron chi connectivity index (χ4n) is 4.29. The third-order valence-corrected chi connectivity index (χ3v) is 7.26. The average molecular weight is 547 g/mol. The van der Waals surface area contributed by atoms with Gasteiger partial charge < -0.3 is 9.73 Å². The zero-order valence-electron chi connectivity index (χ0n) is 19.7. The molecule has 1 N–H and O–H groups in total. The first-order chi connectivity index (χ1) is 18.5. The number of nitrogens with zero attached hydrogens (tertiary/aromatic N) is 5. The number of benzene rings is 1. The Balaban J connectivity index is 1.26. The topological polar surface area (TPSA) is 122 Å². The van der Waals surface area contributed by atoms with Crippen molar-refractivity contribution in [3.05, 3.63) is 99.5 Å². The van der Waals surface area contributed by atoms with E-state index in [1.165, 1.54) is 34.7 Å². The van der Waals surface area contributed by atoms with Crippen LogP contribution in [0.1, 0.15) is 23.4 Å². The molecule has 3 aromatic heterocycles. The molecule has 4 aromatic rings. The van der Waals surface area contributed by atoms with Crippen molar-refractivity contribution in [3.8, 4) is 0 Å². The molecular weight excluding hydrogens is 528 g/mol. The quantitative estimate of drug-likeness (QED) is 0.392. The number of thioether (sulfide) groups is 1. The lowest BCUT2D eigenvalue weighted by Crippen LogP contribution is -2.45. The van der Waals surface area contributed by atoms with Crippen LogP contribution >= 0.6 is 23.4 Å². The van der Waals surface area contributed by atoms with Crippen LogP contribution in [0.3, 0.4) is 0 Å². The number of pyridine rings is 1. The summed E-state index contributed by atoms with van der Waals surface area (Å²) >= 11 is 7.32. The molecule has 2 amide bonds. The SMILES string of the molecule is O=C(CC1C(=O)N=C2c3ccccc3N=C(SCc3cc(=O)n4cc(Cl)ccc4n3)N21)NCc1ccco1. The summed E-state index contributed by atoms with van der Waals surface area (Å²) in [4.78, 5) is 53.7. The maximum atomic E-state index is 13.0. The van der Waals surface area contributed by atoms with E-state index in [-0.39, 0.29) is 24.4 Å². The van der Waals surface area contributed by atoms with Crippen molar-refractivity contribution in [2.75, 3.05) is 0 Å². The summed E-state index contributed by atoms with van der Waals surface area (Å²) in [6.07, 6.45) is 2.94. The Morgan fingerprint density at radius 2 is 1.97 bits per heavy atom. The van der Waals surface area contributed by atoms with E-state index in [0.717, 1.165) is 0 Å². The first kappa shape index (κ1) is 24.1. The van der Waals surface area contributed by atoms with Crippen LogP contribution in [0.25, 0.3) is 5.65 Å². The molecule has 0 saturated heterocycles. The van der Waals surface area contributed by atoms with Gasteiger partial charge in [-0.3, -0.25) is 23.7 Å². The number of rotatable bonds is 6. The molecule has 1 unspecified atom stereocenters. The Hall–Kier alpha value is -4.22. The molecule has 0 spiro atoms. The van der Waals surface area contributed by atoms with Crippen LogP contribution in [0, 0.1) is 0 Å². The monoisotopic (exact) mass is 546 g/mol. The van der Waals surface area contributed by atoms with Gasteiger partial charge in [-0.25, -0.2) is 9.98 Å². The molecule has 190 valence electrons. The molecule has 10 nitrogen and oxygen atoms in total. The number of aromatic nitrogens is 2. The number of hydrogen-bond donors (Lipinski definition) is 1. The van der Waals surface area contributed by atoms with Crippen LogP contribution in [0.5, 0.6) is 0 Å². The average Bonchev–Trinajstić information content (AvgIpc) is 3.55. The van der Waals surface area contributed by atoms with E-state index >= 15 is 0 Å². The largest absolute Gasteiger partial charge is 0.467 e. The van der Waals surface area contributed by atoms with Gasteiger partial charge in [0, 0.05) is 23.6 Å². The van der Waals surface area contributed by atoms with Crippen molar-refractivity contribution in [2.45, 2.75) is 24.8 Å². The summed E-state index contributed by atoms with van der Waals surface area (Å²) in [5, 5.41) is 3.71. The number of para-hydroxylation sites is 1. The lowest BCUT2D eigenvalue weighted by Gasteiger charge is -2.30. The number of amidine groups is 2. The summed E-state index contributed by atoms with van der Waals surface area (Å²) in [6.45, 7) is 0.216. The Labute approximate surface area is 225 Å². The van der Waals surface area contributed by atoms with Crippen LogP contribution in [-0.2, 0) is 21.9 Å². The first-order valence-electron chi connectivity index (χ1n) is 11.7. The zero-order chi connectivity index (χ0) is 26.2. The van der Waals surface area contributed by atoms with Gasteiger partial charge in [-0.15, -0.1) is 0 Å². The molecule has 2 aliphatic rings. The fraction of sp³-hybridized carbons (Fsp3) is 0.154. The molecule has 0 fully saturated rings. The summed E-state index contributed by atoms with van der Waals surface area (Å²) < 4.78 is 6.64. The summed E-state index contributed by atoms with van der Waals surface area (Å²) in [7, 11) is 0. The number of halogens is 1. The second-order valence-corrected chi connectivity index (χ2v) is 9.96. The lowest BCUT2D eigenvalue weighted by molar-refractivity contribution is -0.126. The van der Waals surface area contributed by atoms with Crippen molar-refractivity contribution in [1.29, 1.82) is 0 Å². The molecule has 12 heteroatoms. The molecule has 6 rings (SSSR count). The highest BCUT2D eigenvalue weighted by atomic mass is 35.5. The number of aliphatic imine (C=N–C) groups is 2. The van der Waals surface area contributed by atoms with Gasteiger partial charge in [-0.2, -0.15) is 4.99 Å². The number of carbonyl (C=O) groups excluding carboxylic acids is 2. The van der Waals surface area contributed by atoms with Crippen LogP contribution < -0.4 is 10.9 Å². The van der Waals surface area contributed by atoms with Crippen molar-refractivity contribution in [3.63, 3.8) is 0 Å². The molecule has 1 atom stereocenters. The number of furan rings is 1. The van der Waals surface area contributed by atoms with E-state index in [4.69, 9.17) is 21.0 Å². The standard InChI is InChI=1S/C26H19ClN6O4S/c27-15-7-8-21-29-16(10-23(35)32(21)13-15)14-38-26-30-19-6-2-1-5-18(19)24-31-25(36)20(33(24)26)11-22(34)28-12-17-4-3-9-37-17/h1-10,13,20H,11-12,14H2,(H,28,34). The van der Waals surface area contributed by atoms with E-state index in [0.29, 0.717) is 50.1 Å². The fourth-order valence-corrected chi connectivity index (χ4v) is 5.39. The number of amides is 2. The second kappa shape index (κ2) is 9.92. The maximum absolute atomic E-state index is 13.0. The Morgan fingerprint density at radius 1 is 1.11 bits per heavy atom. The summed E-state index contributed by atoms with van der Waals surface area (Å²) in [5.41, 5.74) is 2.14. The van der Waals surface area contributed by atoms with Crippen LogP contribution in [0.4, 0.5) is 5.69 Å². The van der Waals surface area contributed by atoms with Gasteiger partial charge in [0.1, 0.15) is 23.3 Å². The molecule has 2 aliphatic heterocycles. The normalized spacial score (nSPS) is 16.2. The highest BCUT2D eigenvalue weighted by Crippen LogP contribution is 2.35.